The average Bonchev–Trinajstić information content (AvgIpc) is 2.88. The zero-order valence-electron chi connectivity index (χ0n) is 21.2. The molecule has 0 saturated heterocycles. The number of carbonyl (C=O) groups is 2. The second kappa shape index (κ2) is 14.2. The first-order valence-corrected chi connectivity index (χ1v) is 12.9. The van der Waals surface area contributed by atoms with Gasteiger partial charge in [0.05, 0.1) is 6.21 Å². The van der Waals surface area contributed by atoms with Gasteiger partial charge in [-0.2, -0.15) is 5.10 Å². The van der Waals surface area contributed by atoms with Gasteiger partial charge in [-0.25, -0.2) is 5.43 Å². The summed E-state index contributed by atoms with van der Waals surface area (Å²) >= 11 is 3.43. The van der Waals surface area contributed by atoms with Crippen LogP contribution in [-0.4, -0.2) is 30.7 Å². The maximum absolute atomic E-state index is 12.8. The second-order valence-electron chi connectivity index (χ2n) is 8.99. The molecule has 8 heteroatoms. The molecule has 3 aromatic carbocycles. The molecule has 2 N–H and O–H groups in total. The van der Waals surface area contributed by atoms with Gasteiger partial charge in [0, 0.05) is 10.0 Å². The Bertz CT molecular complexity index is 1210. The van der Waals surface area contributed by atoms with Crippen LogP contribution in [0.4, 0.5) is 0 Å². The molecular weight excluding hydrogens is 534 g/mol. The number of amides is 2. The Balaban J connectivity index is 1.57. The lowest BCUT2D eigenvalue weighted by Crippen LogP contribution is -2.47. The van der Waals surface area contributed by atoms with Crippen molar-refractivity contribution in [1.82, 2.24) is 10.7 Å². The first-order valence-electron chi connectivity index (χ1n) is 12.1. The standard InChI is InChI=1S/C29H32BrN3O4/c1-20(2)16-25(32-28(34)19-37-26-10-6-4-8-21(26)3)29(35)33-31-17-23-9-5-7-11-27(23)36-18-22-12-14-24(30)15-13-22/h4-15,17,20,25H,16,18-19H2,1-3H3,(H,32,34)(H,33,35)/b31-17-/t25-/m1/s1. The van der Waals surface area contributed by atoms with Gasteiger partial charge in [-0.15, -0.1) is 0 Å². The third-order valence-electron chi connectivity index (χ3n) is 5.42. The van der Waals surface area contributed by atoms with E-state index in [2.05, 4.69) is 31.8 Å². The number of ether oxygens (including phenoxy) is 2. The smallest absolute Gasteiger partial charge is 0.262 e. The number of halogens is 1. The van der Waals surface area contributed by atoms with E-state index in [4.69, 9.17) is 9.47 Å². The highest BCUT2D eigenvalue weighted by atomic mass is 79.9. The lowest BCUT2D eigenvalue weighted by molar-refractivity contribution is -0.130. The number of nitrogens with one attached hydrogen (secondary N) is 2. The number of hydrogen-bond donors (Lipinski definition) is 2. The quantitative estimate of drug-likeness (QED) is 0.227. The van der Waals surface area contributed by atoms with Gasteiger partial charge in [0.1, 0.15) is 24.1 Å². The van der Waals surface area contributed by atoms with Crippen molar-refractivity contribution in [1.29, 1.82) is 0 Å². The summed E-state index contributed by atoms with van der Waals surface area (Å²) in [7, 11) is 0. The molecule has 0 bridgehead atoms. The first kappa shape index (κ1) is 27.9. The predicted molar refractivity (Wildman–Crippen MR) is 149 cm³/mol. The van der Waals surface area contributed by atoms with Crippen molar-refractivity contribution in [3.8, 4) is 11.5 Å². The molecule has 2 amide bonds. The largest absolute Gasteiger partial charge is 0.488 e. The van der Waals surface area contributed by atoms with Crippen LogP contribution in [0.15, 0.2) is 82.4 Å². The molecule has 0 aliphatic heterocycles. The molecule has 0 unspecified atom stereocenters. The fourth-order valence-electron chi connectivity index (χ4n) is 3.50. The van der Waals surface area contributed by atoms with Gasteiger partial charge in [0.2, 0.25) is 0 Å². The van der Waals surface area contributed by atoms with Crippen molar-refractivity contribution in [2.45, 2.75) is 39.8 Å². The van der Waals surface area contributed by atoms with Crippen LogP contribution in [0, 0.1) is 12.8 Å². The molecule has 0 radical (unpaired) electrons. The number of carbonyl (C=O) groups excluding carboxylic acids is 2. The summed E-state index contributed by atoms with van der Waals surface area (Å²) in [6.07, 6.45) is 1.99. The number of hydrogen-bond acceptors (Lipinski definition) is 5. The molecule has 1 atom stereocenters. The minimum absolute atomic E-state index is 0.181. The molecule has 37 heavy (non-hydrogen) atoms. The number of para-hydroxylation sites is 2. The summed E-state index contributed by atoms with van der Waals surface area (Å²) in [5, 5.41) is 6.88. The summed E-state index contributed by atoms with van der Waals surface area (Å²) in [6.45, 7) is 6.10. The van der Waals surface area contributed by atoms with Gasteiger partial charge < -0.3 is 14.8 Å². The van der Waals surface area contributed by atoms with Crippen LogP contribution in [0.2, 0.25) is 0 Å². The van der Waals surface area contributed by atoms with Crippen LogP contribution >= 0.6 is 15.9 Å². The number of benzene rings is 3. The van der Waals surface area contributed by atoms with E-state index in [1.165, 1.54) is 6.21 Å². The van der Waals surface area contributed by atoms with E-state index in [1.54, 1.807) is 6.07 Å². The van der Waals surface area contributed by atoms with Crippen LogP contribution in [0.25, 0.3) is 0 Å². The van der Waals surface area contributed by atoms with Gasteiger partial charge in [0.25, 0.3) is 11.8 Å². The summed E-state index contributed by atoms with van der Waals surface area (Å²) in [4.78, 5) is 25.3. The SMILES string of the molecule is Cc1ccccc1OCC(=O)N[C@H](CC(C)C)C(=O)N/N=C\c1ccccc1OCc1ccc(Br)cc1. The molecule has 0 heterocycles. The number of hydrazone groups is 1. The zero-order valence-corrected chi connectivity index (χ0v) is 22.8. The number of rotatable bonds is 12. The summed E-state index contributed by atoms with van der Waals surface area (Å²) in [5.74, 6) is 0.684. The molecule has 0 aliphatic carbocycles. The molecule has 0 aromatic heterocycles. The Morgan fingerprint density at radius 3 is 2.32 bits per heavy atom. The zero-order chi connectivity index (χ0) is 26.6. The molecule has 3 rings (SSSR count). The number of aryl methyl sites for hydroxylation is 1. The number of nitrogens with zero attached hydrogens (tertiary/aromatic N) is 1. The van der Waals surface area contributed by atoms with Crippen LogP contribution < -0.4 is 20.2 Å². The van der Waals surface area contributed by atoms with Crippen LogP contribution in [0.1, 0.15) is 37.0 Å². The van der Waals surface area contributed by atoms with E-state index < -0.39 is 11.9 Å². The van der Waals surface area contributed by atoms with E-state index >= 15 is 0 Å². The molecule has 0 fully saturated rings. The lowest BCUT2D eigenvalue weighted by atomic mass is 10.0. The van der Waals surface area contributed by atoms with Crippen molar-refractivity contribution in [3.05, 3.63) is 94.0 Å². The van der Waals surface area contributed by atoms with Gasteiger partial charge in [-0.05, 0) is 60.7 Å². The molecule has 3 aromatic rings. The summed E-state index contributed by atoms with van der Waals surface area (Å²) in [5.41, 5.74) is 5.23. The van der Waals surface area contributed by atoms with Crippen molar-refractivity contribution in [2.75, 3.05) is 6.61 Å². The highest BCUT2D eigenvalue weighted by Gasteiger charge is 2.22. The Kier molecular flexibility index (Phi) is 10.7. The van der Waals surface area contributed by atoms with Crippen molar-refractivity contribution in [2.24, 2.45) is 11.0 Å². The van der Waals surface area contributed by atoms with Crippen molar-refractivity contribution < 1.29 is 19.1 Å². The minimum Gasteiger partial charge on any atom is -0.488 e. The first-order chi connectivity index (χ1) is 17.8. The maximum atomic E-state index is 12.8. The van der Waals surface area contributed by atoms with E-state index in [1.807, 2.05) is 87.5 Å². The topological polar surface area (TPSA) is 89.0 Å². The van der Waals surface area contributed by atoms with Crippen molar-refractivity contribution in [3.63, 3.8) is 0 Å². The molecule has 0 spiro atoms. The van der Waals surface area contributed by atoms with E-state index in [-0.39, 0.29) is 18.4 Å². The average molecular weight is 566 g/mol. The van der Waals surface area contributed by atoms with Gasteiger partial charge in [-0.3, -0.25) is 9.59 Å². The molecule has 0 aliphatic rings. The lowest BCUT2D eigenvalue weighted by Gasteiger charge is -2.19. The highest BCUT2D eigenvalue weighted by molar-refractivity contribution is 9.10. The fourth-order valence-corrected chi connectivity index (χ4v) is 3.77. The minimum atomic E-state index is -0.742. The maximum Gasteiger partial charge on any atom is 0.262 e. The van der Waals surface area contributed by atoms with Crippen LogP contribution in [0.5, 0.6) is 11.5 Å². The van der Waals surface area contributed by atoms with Crippen LogP contribution in [0.3, 0.4) is 0 Å². The van der Waals surface area contributed by atoms with E-state index in [9.17, 15) is 9.59 Å². The molecule has 7 nitrogen and oxygen atoms in total. The summed E-state index contributed by atoms with van der Waals surface area (Å²) in [6, 6.07) is 22.0. The van der Waals surface area contributed by atoms with Gasteiger partial charge >= 0.3 is 0 Å². The van der Waals surface area contributed by atoms with Crippen LogP contribution in [-0.2, 0) is 16.2 Å². The van der Waals surface area contributed by atoms with Gasteiger partial charge in [0.15, 0.2) is 6.61 Å². The third kappa shape index (κ3) is 9.38. The molecular formula is C29H32BrN3O4. The van der Waals surface area contributed by atoms with E-state index in [0.717, 1.165) is 21.2 Å². The predicted octanol–water partition coefficient (Wildman–Crippen LogP) is 5.40. The third-order valence-corrected chi connectivity index (χ3v) is 5.94. The normalized spacial score (nSPS) is 11.8. The van der Waals surface area contributed by atoms with E-state index in [0.29, 0.717) is 24.5 Å². The fraction of sp³-hybridized carbons (Fsp3) is 0.276. The Hall–Kier alpha value is -3.65. The summed E-state index contributed by atoms with van der Waals surface area (Å²) < 4.78 is 12.6. The van der Waals surface area contributed by atoms with Gasteiger partial charge in [-0.1, -0.05) is 72.2 Å². The monoisotopic (exact) mass is 565 g/mol. The Morgan fingerprint density at radius 2 is 1.62 bits per heavy atom. The Morgan fingerprint density at radius 1 is 0.946 bits per heavy atom. The van der Waals surface area contributed by atoms with Crippen molar-refractivity contribution >= 4 is 34.0 Å². The molecule has 0 saturated carbocycles. The molecule has 194 valence electrons. The second-order valence-corrected chi connectivity index (χ2v) is 9.91. The highest BCUT2D eigenvalue weighted by Crippen LogP contribution is 2.19. The Labute approximate surface area is 226 Å².